The molecule has 2 unspecified atom stereocenters. The lowest BCUT2D eigenvalue weighted by Crippen LogP contribution is -2.49. The summed E-state index contributed by atoms with van der Waals surface area (Å²) in [6, 6.07) is 0. The second kappa shape index (κ2) is 2.12. The zero-order valence-corrected chi connectivity index (χ0v) is 8.49. The Balaban J connectivity index is 2.00. The van der Waals surface area contributed by atoms with Crippen molar-refractivity contribution in [2.75, 3.05) is 0 Å². The SMILES string of the molecule is CC12CC3CC(C1)C(=S)C(C3)C2. The minimum absolute atomic E-state index is 0.693. The molecule has 0 aromatic heterocycles. The first kappa shape index (κ1) is 7.49. The van der Waals surface area contributed by atoms with Gasteiger partial charge in [0.15, 0.2) is 0 Å². The molecule has 0 aliphatic heterocycles. The molecule has 0 spiro atoms. The third-order valence-electron chi connectivity index (χ3n) is 4.30. The van der Waals surface area contributed by atoms with Crippen LogP contribution >= 0.6 is 12.2 Å². The highest BCUT2D eigenvalue weighted by atomic mass is 32.1. The van der Waals surface area contributed by atoms with Crippen molar-refractivity contribution in [1.29, 1.82) is 0 Å². The van der Waals surface area contributed by atoms with E-state index in [9.17, 15) is 0 Å². The standard InChI is InChI=1S/C11H16S/c1-11-4-7-2-8(5-11)10(12)9(3-7)6-11/h7-9H,2-6H2,1H3. The Labute approximate surface area is 79.7 Å². The van der Waals surface area contributed by atoms with Gasteiger partial charge in [-0.3, -0.25) is 0 Å². The average molecular weight is 180 g/mol. The fourth-order valence-electron chi connectivity index (χ4n) is 4.14. The minimum Gasteiger partial charge on any atom is -0.0891 e. The lowest BCUT2D eigenvalue weighted by molar-refractivity contribution is 0.0326. The van der Waals surface area contributed by atoms with Gasteiger partial charge in [-0.05, 0) is 60.1 Å². The summed E-state index contributed by atoms with van der Waals surface area (Å²) in [6.45, 7) is 2.49. The zero-order chi connectivity index (χ0) is 8.34. The van der Waals surface area contributed by atoms with E-state index in [2.05, 4.69) is 6.92 Å². The first-order chi connectivity index (χ1) is 5.66. The third kappa shape index (κ3) is 0.863. The van der Waals surface area contributed by atoms with Gasteiger partial charge in [-0.2, -0.15) is 0 Å². The van der Waals surface area contributed by atoms with Gasteiger partial charge in [-0.25, -0.2) is 0 Å². The lowest BCUT2D eigenvalue weighted by Gasteiger charge is -2.55. The van der Waals surface area contributed by atoms with Gasteiger partial charge in [-0.1, -0.05) is 19.1 Å². The third-order valence-corrected chi connectivity index (χ3v) is 4.97. The van der Waals surface area contributed by atoms with Gasteiger partial charge < -0.3 is 0 Å². The van der Waals surface area contributed by atoms with E-state index in [1.165, 1.54) is 37.0 Å². The molecule has 0 aromatic rings. The van der Waals surface area contributed by atoms with E-state index >= 15 is 0 Å². The highest BCUT2D eigenvalue weighted by molar-refractivity contribution is 7.80. The second-order valence-electron chi connectivity index (χ2n) is 5.56. The fourth-order valence-corrected chi connectivity index (χ4v) is 4.50. The van der Waals surface area contributed by atoms with Crippen LogP contribution in [0.2, 0.25) is 0 Å². The number of hydrogen-bond donors (Lipinski definition) is 0. The Bertz CT molecular complexity index is 225. The summed E-state index contributed by atoms with van der Waals surface area (Å²) in [5.41, 5.74) is 0.693. The predicted molar refractivity (Wildman–Crippen MR) is 54.3 cm³/mol. The quantitative estimate of drug-likeness (QED) is 0.516. The highest BCUT2D eigenvalue weighted by Gasteiger charge is 2.50. The number of thiocarbonyl (C=S) groups is 1. The van der Waals surface area contributed by atoms with Crippen molar-refractivity contribution >= 4 is 17.1 Å². The summed E-state index contributed by atoms with van der Waals surface area (Å²) in [5.74, 6) is 2.73. The molecule has 4 aliphatic carbocycles. The van der Waals surface area contributed by atoms with Crippen LogP contribution in [0.4, 0.5) is 0 Å². The largest absolute Gasteiger partial charge is 0.0891 e. The van der Waals surface area contributed by atoms with Gasteiger partial charge in [0, 0.05) is 0 Å². The molecular weight excluding hydrogens is 164 g/mol. The van der Waals surface area contributed by atoms with Gasteiger partial charge in [0.25, 0.3) is 0 Å². The first-order valence-corrected chi connectivity index (χ1v) is 5.61. The minimum atomic E-state index is 0.693. The van der Waals surface area contributed by atoms with Gasteiger partial charge in [0.1, 0.15) is 0 Å². The Kier molecular flexibility index (Phi) is 1.32. The molecule has 0 radical (unpaired) electrons. The van der Waals surface area contributed by atoms with E-state index in [1.54, 1.807) is 0 Å². The molecule has 66 valence electrons. The van der Waals surface area contributed by atoms with Crippen LogP contribution in [0.5, 0.6) is 0 Å². The van der Waals surface area contributed by atoms with Crippen molar-refractivity contribution in [2.24, 2.45) is 23.2 Å². The van der Waals surface area contributed by atoms with Crippen molar-refractivity contribution in [3.05, 3.63) is 0 Å². The first-order valence-electron chi connectivity index (χ1n) is 5.20. The fraction of sp³-hybridized carbons (Fsp3) is 0.909. The smallest absolute Gasteiger partial charge is 0.000907 e. The summed E-state index contributed by atoms with van der Waals surface area (Å²) < 4.78 is 0. The molecule has 0 amide bonds. The molecule has 0 N–H and O–H groups in total. The molecule has 12 heavy (non-hydrogen) atoms. The van der Waals surface area contributed by atoms with Crippen molar-refractivity contribution in [3.63, 3.8) is 0 Å². The Morgan fingerprint density at radius 1 is 1.17 bits per heavy atom. The summed E-state index contributed by atoms with van der Waals surface area (Å²) in [4.78, 5) is 1.45. The van der Waals surface area contributed by atoms with Crippen LogP contribution in [0.3, 0.4) is 0 Å². The Morgan fingerprint density at radius 3 is 2.25 bits per heavy atom. The van der Waals surface area contributed by atoms with Crippen molar-refractivity contribution in [3.8, 4) is 0 Å². The van der Waals surface area contributed by atoms with Crippen LogP contribution in [0.1, 0.15) is 39.0 Å². The summed E-state index contributed by atoms with van der Waals surface area (Å²) in [6.07, 6.45) is 7.20. The molecule has 4 fully saturated rings. The van der Waals surface area contributed by atoms with Crippen LogP contribution in [-0.2, 0) is 0 Å². The van der Waals surface area contributed by atoms with Crippen LogP contribution in [0.25, 0.3) is 0 Å². The van der Waals surface area contributed by atoms with Crippen LogP contribution < -0.4 is 0 Å². The maximum Gasteiger partial charge on any atom is -0.000907 e. The van der Waals surface area contributed by atoms with E-state index in [0.717, 1.165) is 17.8 Å². The van der Waals surface area contributed by atoms with Gasteiger partial charge in [0.2, 0.25) is 0 Å². The highest BCUT2D eigenvalue weighted by Crippen LogP contribution is 2.58. The molecule has 2 atom stereocenters. The van der Waals surface area contributed by atoms with Gasteiger partial charge in [-0.15, -0.1) is 0 Å². The van der Waals surface area contributed by atoms with E-state index in [1.807, 2.05) is 0 Å². The summed E-state index contributed by atoms with van der Waals surface area (Å²) >= 11 is 5.52. The lowest BCUT2D eigenvalue weighted by atomic mass is 9.50. The van der Waals surface area contributed by atoms with E-state index < -0.39 is 0 Å². The molecular formula is C11H16S. The van der Waals surface area contributed by atoms with E-state index in [-0.39, 0.29) is 0 Å². The van der Waals surface area contributed by atoms with Crippen LogP contribution in [-0.4, -0.2) is 4.86 Å². The van der Waals surface area contributed by atoms with Crippen molar-refractivity contribution in [1.82, 2.24) is 0 Å². The monoisotopic (exact) mass is 180 g/mol. The number of rotatable bonds is 0. The molecule has 4 rings (SSSR count). The molecule has 0 aromatic carbocycles. The predicted octanol–water partition coefficient (Wildman–Crippen LogP) is 3.20. The molecule has 0 saturated heterocycles. The molecule has 1 heteroatoms. The second-order valence-corrected chi connectivity index (χ2v) is 6.03. The van der Waals surface area contributed by atoms with Crippen LogP contribution in [0.15, 0.2) is 0 Å². The van der Waals surface area contributed by atoms with Crippen LogP contribution in [0, 0.1) is 23.2 Å². The normalized spacial score (nSPS) is 56.4. The Hall–Kier alpha value is 0.0900. The van der Waals surface area contributed by atoms with Gasteiger partial charge in [0.05, 0.1) is 0 Å². The maximum atomic E-state index is 5.52. The van der Waals surface area contributed by atoms with Crippen molar-refractivity contribution in [2.45, 2.75) is 39.0 Å². The van der Waals surface area contributed by atoms with Gasteiger partial charge >= 0.3 is 0 Å². The average Bonchev–Trinajstić information content (AvgIpc) is 1.96. The number of hydrogen-bond acceptors (Lipinski definition) is 1. The zero-order valence-electron chi connectivity index (χ0n) is 7.68. The molecule has 4 saturated carbocycles. The summed E-state index contributed by atoms with van der Waals surface area (Å²) in [5, 5.41) is 0. The van der Waals surface area contributed by atoms with E-state index in [0.29, 0.717) is 5.41 Å². The van der Waals surface area contributed by atoms with Crippen molar-refractivity contribution < 1.29 is 0 Å². The van der Waals surface area contributed by atoms with E-state index in [4.69, 9.17) is 12.2 Å². The molecule has 0 nitrogen and oxygen atoms in total. The maximum absolute atomic E-state index is 5.52. The topological polar surface area (TPSA) is 0 Å². The summed E-state index contributed by atoms with van der Waals surface area (Å²) in [7, 11) is 0. The molecule has 4 bridgehead atoms. The Morgan fingerprint density at radius 2 is 1.75 bits per heavy atom. The molecule has 4 aliphatic rings. The molecule has 0 heterocycles.